The fourth-order valence-electron chi connectivity index (χ4n) is 9.74. The smallest absolute Gasteiger partial charge is 0.306 e. The van der Waals surface area contributed by atoms with Crippen molar-refractivity contribution in [3.63, 3.8) is 0 Å². The van der Waals surface area contributed by atoms with Crippen molar-refractivity contribution < 1.29 is 14.3 Å². The van der Waals surface area contributed by atoms with Gasteiger partial charge in [-0.05, 0) is 85.5 Å². The summed E-state index contributed by atoms with van der Waals surface area (Å²) in [7, 11) is 0. The van der Waals surface area contributed by atoms with Crippen LogP contribution in [0, 0.1) is 52.3 Å². The Morgan fingerprint density at radius 2 is 1.85 bits per heavy atom. The monoisotopic (exact) mass is 366 g/mol. The third kappa shape index (κ3) is 1.58. The van der Waals surface area contributed by atoms with Crippen LogP contribution in [0.15, 0.2) is 11.6 Å². The molecular weight excluding hydrogens is 336 g/mol. The first kappa shape index (κ1) is 15.8. The van der Waals surface area contributed by atoms with Gasteiger partial charge in [-0.15, -0.1) is 0 Å². The number of fused-ring (bicyclic) bond motifs is 12. The maximum absolute atomic E-state index is 12.2. The molecule has 1 heterocycles. The maximum atomic E-state index is 12.2. The molecule has 1 saturated heterocycles. The molecular formula is C24H30O3. The van der Waals surface area contributed by atoms with Crippen LogP contribution in [0.2, 0.25) is 0 Å². The van der Waals surface area contributed by atoms with Gasteiger partial charge in [0.15, 0.2) is 5.78 Å². The molecule has 5 saturated carbocycles. The van der Waals surface area contributed by atoms with E-state index >= 15 is 0 Å². The van der Waals surface area contributed by atoms with Crippen LogP contribution in [0.25, 0.3) is 0 Å². The second-order valence-corrected chi connectivity index (χ2v) is 11.5. The molecule has 0 bridgehead atoms. The minimum atomic E-state index is -0.131. The molecule has 144 valence electrons. The van der Waals surface area contributed by atoms with E-state index in [4.69, 9.17) is 4.74 Å². The zero-order valence-corrected chi connectivity index (χ0v) is 16.5. The second-order valence-electron chi connectivity index (χ2n) is 11.5. The molecule has 1 aliphatic heterocycles. The number of esters is 1. The molecule has 0 aromatic carbocycles. The molecule has 0 N–H and O–H groups in total. The van der Waals surface area contributed by atoms with Gasteiger partial charge in [-0.1, -0.05) is 19.4 Å². The van der Waals surface area contributed by atoms with Crippen molar-refractivity contribution >= 4 is 11.8 Å². The highest BCUT2D eigenvalue weighted by Crippen LogP contribution is 2.82. The Balaban J connectivity index is 1.33. The van der Waals surface area contributed by atoms with Gasteiger partial charge in [0.05, 0.1) is 0 Å². The fourth-order valence-corrected chi connectivity index (χ4v) is 9.74. The Morgan fingerprint density at radius 3 is 2.63 bits per heavy atom. The van der Waals surface area contributed by atoms with Gasteiger partial charge in [0.25, 0.3) is 0 Å². The number of carbonyl (C=O) groups excluding carboxylic acids is 2. The molecule has 10 atom stereocenters. The van der Waals surface area contributed by atoms with E-state index < -0.39 is 0 Å². The Kier molecular flexibility index (Phi) is 2.56. The predicted molar refractivity (Wildman–Crippen MR) is 99.5 cm³/mol. The van der Waals surface area contributed by atoms with Crippen LogP contribution < -0.4 is 0 Å². The SMILES string of the molecule is CC12CCC(=O)C=C1[C@@H]1C[C@@H]1C1C2CCC2(C)C1[C@@H]1C[C@@H]1[C@@]21CCC(=O)O1. The van der Waals surface area contributed by atoms with Crippen LogP contribution in [0.4, 0.5) is 0 Å². The highest BCUT2D eigenvalue weighted by molar-refractivity contribution is 5.92. The molecule has 6 aliphatic carbocycles. The van der Waals surface area contributed by atoms with Crippen molar-refractivity contribution in [2.24, 2.45) is 52.3 Å². The standard InChI is InChI=1S/C24H30O3/c1-22-6-3-12(25)9-17(22)13-10-14(13)20-16(22)4-7-23(2)21(20)15-11-18(15)24(23)8-5-19(26)27-24/h9,13-16,18,20-21H,3-8,10-11H2,1-2H3/t13-,14+,15-,16?,18+,20?,21?,22?,23?,24+/m1/s1. The number of rotatable bonds is 0. The molecule has 3 heteroatoms. The lowest BCUT2D eigenvalue weighted by atomic mass is 9.45. The highest BCUT2D eigenvalue weighted by atomic mass is 16.6. The zero-order chi connectivity index (χ0) is 18.3. The first-order valence-corrected chi connectivity index (χ1v) is 11.4. The number of ketones is 1. The molecule has 0 aromatic heterocycles. The minimum Gasteiger partial charge on any atom is -0.458 e. The van der Waals surface area contributed by atoms with E-state index in [1.165, 1.54) is 31.3 Å². The van der Waals surface area contributed by atoms with Crippen LogP contribution in [0.1, 0.15) is 65.2 Å². The Bertz CT molecular complexity index is 827. The van der Waals surface area contributed by atoms with E-state index in [-0.39, 0.29) is 22.4 Å². The Hall–Kier alpha value is -1.12. The lowest BCUT2D eigenvalue weighted by Gasteiger charge is -2.60. The van der Waals surface area contributed by atoms with Gasteiger partial charge < -0.3 is 4.74 Å². The summed E-state index contributed by atoms with van der Waals surface area (Å²) in [4.78, 5) is 24.3. The highest BCUT2D eigenvalue weighted by Gasteiger charge is 2.81. The molecule has 5 unspecified atom stereocenters. The summed E-state index contributed by atoms with van der Waals surface area (Å²) >= 11 is 0. The normalized spacial score (nSPS) is 62.0. The molecule has 0 radical (unpaired) electrons. The van der Waals surface area contributed by atoms with E-state index in [0.717, 1.165) is 48.9 Å². The van der Waals surface area contributed by atoms with Crippen LogP contribution in [0.5, 0.6) is 0 Å². The van der Waals surface area contributed by atoms with Gasteiger partial charge in [-0.2, -0.15) is 0 Å². The third-order valence-electron chi connectivity index (χ3n) is 10.9. The molecule has 3 nitrogen and oxygen atoms in total. The fraction of sp³-hybridized carbons (Fsp3) is 0.833. The Morgan fingerprint density at radius 1 is 1.00 bits per heavy atom. The summed E-state index contributed by atoms with van der Waals surface area (Å²) in [5, 5.41) is 0. The van der Waals surface area contributed by atoms with E-state index in [2.05, 4.69) is 19.9 Å². The summed E-state index contributed by atoms with van der Waals surface area (Å²) < 4.78 is 6.22. The largest absolute Gasteiger partial charge is 0.458 e. The average Bonchev–Trinajstić information content (AvgIpc) is 3.53. The number of hydrogen-bond donors (Lipinski definition) is 0. The number of carbonyl (C=O) groups is 2. The molecule has 6 fully saturated rings. The van der Waals surface area contributed by atoms with Crippen molar-refractivity contribution in [2.75, 3.05) is 0 Å². The molecule has 1 spiro atoms. The summed E-state index contributed by atoms with van der Waals surface area (Å²) in [5.74, 6) is 5.65. The topological polar surface area (TPSA) is 43.4 Å². The van der Waals surface area contributed by atoms with Gasteiger partial charge in [-0.3, -0.25) is 9.59 Å². The van der Waals surface area contributed by atoms with Crippen molar-refractivity contribution in [1.82, 2.24) is 0 Å². The minimum absolute atomic E-state index is 0.0561. The van der Waals surface area contributed by atoms with E-state index in [1.54, 1.807) is 0 Å². The lowest BCUT2D eigenvalue weighted by Crippen LogP contribution is -2.57. The first-order valence-electron chi connectivity index (χ1n) is 11.4. The number of allylic oxidation sites excluding steroid dienone is 1. The van der Waals surface area contributed by atoms with E-state index in [0.29, 0.717) is 24.0 Å². The van der Waals surface area contributed by atoms with Crippen molar-refractivity contribution in [2.45, 2.75) is 70.8 Å². The number of ether oxygens (including phenoxy) is 1. The summed E-state index contributed by atoms with van der Waals surface area (Å²) in [6.07, 6.45) is 10.6. The summed E-state index contributed by atoms with van der Waals surface area (Å²) in [5.41, 5.74) is 1.85. The maximum Gasteiger partial charge on any atom is 0.306 e. The van der Waals surface area contributed by atoms with Crippen LogP contribution in [0.3, 0.4) is 0 Å². The van der Waals surface area contributed by atoms with Crippen molar-refractivity contribution in [1.29, 1.82) is 0 Å². The van der Waals surface area contributed by atoms with E-state index in [9.17, 15) is 9.59 Å². The molecule has 7 aliphatic rings. The van der Waals surface area contributed by atoms with Crippen molar-refractivity contribution in [3.05, 3.63) is 11.6 Å². The summed E-state index contributed by atoms with van der Waals surface area (Å²) in [6.45, 7) is 4.99. The van der Waals surface area contributed by atoms with Gasteiger partial charge >= 0.3 is 5.97 Å². The zero-order valence-electron chi connectivity index (χ0n) is 16.5. The van der Waals surface area contributed by atoms with Gasteiger partial charge in [0, 0.05) is 24.2 Å². The number of hydrogen-bond acceptors (Lipinski definition) is 3. The summed E-state index contributed by atoms with van der Waals surface area (Å²) in [6, 6.07) is 0. The Labute approximate surface area is 161 Å². The lowest BCUT2D eigenvalue weighted by molar-refractivity contribution is -0.177. The van der Waals surface area contributed by atoms with Crippen LogP contribution in [-0.4, -0.2) is 17.4 Å². The molecule has 0 aromatic rings. The molecule has 7 rings (SSSR count). The first-order chi connectivity index (χ1) is 12.9. The molecule has 27 heavy (non-hydrogen) atoms. The van der Waals surface area contributed by atoms with Gasteiger partial charge in [0.2, 0.25) is 0 Å². The third-order valence-corrected chi connectivity index (χ3v) is 10.9. The van der Waals surface area contributed by atoms with Crippen molar-refractivity contribution in [3.8, 4) is 0 Å². The van der Waals surface area contributed by atoms with Gasteiger partial charge in [-0.25, -0.2) is 0 Å². The molecule has 0 amide bonds. The van der Waals surface area contributed by atoms with Gasteiger partial charge in [0.1, 0.15) is 5.60 Å². The van der Waals surface area contributed by atoms with Crippen LogP contribution in [-0.2, 0) is 14.3 Å². The quantitative estimate of drug-likeness (QED) is 0.600. The predicted octanol–water partition coefficient (Wildman–Crippen LogP) is 4.31. The average molecular weight is 367 g/mol. The van der Waals surface area contributed by atoms with Crippen LogP contribution >= 0.6 is 0 Å². The second kappa shape index (κ2) is 4.39. The van der Waals surface area contributed by atoms with E-state index in [1.807, 2.05) is 0 Å².